The van der Waals surface area contributed by atoms with Gasteiger partial charge in [0, 0.05) is 56.9 Å². The Hall–Kier alpha value is -2.87. The van der Waals surface area contributed by atoms with E-state index in [1.165, 1.54) is 5.56 Å². The summed E-state index contributed by atoms with van der Waals surface area (Å²) in [6.45, 7) is 3.46. The number of hydrogen-bond acceptors (Lipinski definition) is 6. The third-order valence-electron chi connectivity index (χ3n) is 5.83. The minimum atomic E-state index is -0.0862. The first-order valence-corrected chi connectivity index (χ1v) is 9.23. The van der Waals surface area contributed by atoms with Crippen molar-refractivity contribution in [3.8, 4) is 11.5 Å². The van der Waals surface area contributed by atoms with Gasteiger partial charge < -0.3 is 4.57 Å². The highest BCUT2D eigenvalue weighted by molar-refractivity contribution is 5.47. The number of fused-ring (bicyclic) bond motifs is 2. The normalized spacial score (nSPS) is 21.8. The van der Waals surface area contributed by atoms with Crippen LogP contribution in [-0.2, 0) is 25.6 Å². The summed E-state index contributed by atoms with van der Waals surface area (Å²) in [5, 5.41) is 8.80. The van der Waals surface area contributed by atoms with E-state index in [2.05, 4.69) is 31.1 Å². The zero-order chi connectivity index (χ0) is 18.4. The minimum absolute atomic E-state index is 0.0749. The molecule has 8 nitrogen and oxygen atoms in total. The molecule has 5 heterocycles. The van der Waals surface area contributed by atoms with Crippen LogP contribution in [0.3, 0.4) is 0 Å². The molecule has 2 aliphatic heterocycles. The maximum Gasteiger partial charge on any atom is 0.283 e. The van der Waals surface area contributed by atoms with E-state index in [0.717, 1.165) is 38.3 Å². The fraction of sp³-hybridized carbons (Fsp3) is 0.421. The van der Waals surface area contributed by atoms with Gasteiger partial charge >= 0.3 is 0 Å². The Balaban J connectivity index is 1.45. The van der Waals surface area contributed by atoms with Crippen molar-refractivity contribution < 1.29 is 0 Å². The molecule has 8 heteroatoms. The topological polar surface area (TPSA) is 81.7 Å². The quantitative estimate of drug-likeness (QED) is 0.690. The number of pyridine rings is 1. The molecule has 1 saturated heterocycles. The summed E-state index contributed by atoms with van der Waals surface area (Å²) < 4.78 is 3.61. The van der Waals surface area contributed by atoms with E-state index in [0.29, 0.717) is 18.1 Å². The number of likely N-dealkylation sites (tertiary alicyclic amines) is 1. The van der Waals surface area contributed by atoms with Gasteiger partial charge in [-0.2, -0.15) is 0 Å². The van der Waals surface area contributed by atoms with Crippen molar-refractivity contribution in [3.05, 3.63) is 58.7 Å². The molecule has 0 unspecified atom stereocenters. The monoisotopic (exact) mass is 363 g/mol. The highest BCUT2D eigenvalue weighted by Crippen LogP contribution is 2.41. The van der Waals surface area contributed by atoms with E-state index in [1.807, 2.05) is 30.1 Å². The molecule has 0 bridgehead atoms. The van der Waals surface area contributed by atoms with E-state index in [9.17, 15) is 4.79 Å². The van der Waals surface area contributed by atoms with E-state index in [4.69, 9.17) is 0 Å². The number of aromatic nitrogens is 6. The second-order valence-electron chi connectivity index (χ2n) is 7.54. The number of nitrogens with zero attached hydrogens (tertiary/aromatic N) is 7. The Bertz CT molecular complexity index is 1040. The molecule has 1 atom stereocenters. The van der Waals surface area contributed by atoms with Crippen LogP contribution in [0.4, 0.5) is 0 Å². The van der Waals surface area contributed by atoms with Crippen LogP contribution < -0.4 is 5.56 Å². The second kappa shape index (κ2) is 6.09. The number of imidazole rings is 1. The van der Waals surface area contributed by atoms with Crippen LogP contribution in [-0.4, -0.2) is 47.3 Å². The van der Waals surface area contributed by atoms with Gasteiger partial charge in [0.15, 0.2) is 11.5 Å². The third kappa shape index (κ3) is 2.59. The fourth-order valence-corrected chi connectivity index (χ4v) is 4.42. The first-order chi connectivity index (χ1) is 13.2. The molecule has 0 aromatic carbocycles. The molecule has 0 radical (unpaired) electrons. The molecule has 138 valence electrons. The van der Waals surface area contributed by atoms with Crippen LogP contribution in [0.25, 0.3) is 11.5 Å². The highest BCUT2D eigenvalue weighted by atomic mass is 16.1. The van der Waals surface area contributed by atoms with Crippen molar-refractivity contribution in [2.75, 3.05) is 13.1 Å². The molecular formula is C19H21N7O. The average molecular weight is 363 g/mol. The van der Waals surface area contributed by atoms with Gasteiger partial charge in [0.25, 0.3) is 5.56 Å². The van der Waals surface area contributed by atoms with E-state index >= 15 is 0 Å². The van der Waals surface area contributed by atoms with Gasteiger partial charge in [-0.05, 0) is 31.0 Å². The van der Waals surface area contributed by atoms with Gasteiger partial charge in [-0.1, -0.05) is 6.07 Å². The number of rotatable bonds is 3. The van der Waals surface area contributed by atoms with E-state index in [-0.39, 0.29) is 11.0 Å². The summed E-state index contributed by atoms with van der Waals surface area (Å²) in [7, 11) is 1.86. The lowest BCUT2D eigenvalue weighted by Gasteiger charge is -2.23. The highest BCUT2D eigenvalue weighted by Gasteiger charge is 2.47. The van der Waals surface area contributed by atoms with Crippen molar-refractivity contribution in [3.63, 3.8) is 0 Å². The molecule has 0 aliphatic carbocycles. The summed E-state index contributed by atoms with van der Waals surface area (Å²) in [4.78, 5) is 23.9. The first-order valence-electron chi connectivity index (χ1n) is 9.23. The Kier molecular flexibility index (Phi) is 3.68. The zero-order valence-electron chi connectivity index (χ0n) is 15.2. The van der Waals surface area contributed by atoms with Crippen LogP contribution in [0, 0.1) is 0 Å². The van der Waals surface area contributed by atoms with Gasteiger partial charge in [-0.25, -0.2) is 4.98 Å². The predicted molar refractivity (Wildman–Crippen MR) is 98.9 cm³/mol. The standard InChI is InChI=1S/C19H21N7O/c1-24-10-7-21-16(24)15-17(27)26-9-5-19(18(26)23-22-15)4-8-25(13-19)12-14-3-2-6-20-11-14/h2-3,6-7,10-11H,4-5,8-9,12-13H2,1H3/t19-/m0/s1. The number of aryl methyl sites for hydroxylation is 1. The van der Waals surface area contributed by atoms with Crippen molar-refractivity contribution in [1.82, 2.24) is 34.2 Å². The lowest BCUT2D eigenvalue weighted by atomic mass is 9.85. The van der Waals surface area contributed by atoms with Crippen LogP contribution in [0.15, 0.2) is 41.7 Å². The maximum absolute atomic E-state index is 13.0. The van der Waals surface area contributed by atoms with Gasteiger partial charge in [0.1, 0.15) is 5.82 Å². The Morgan fingerprint density at radius 1 is 1.19 bits per heavy atom. The van der Waals surface area contributed by atoms with Gasteiger partial charge in [0.2, 0.25) is 0 Å². The summed E-state index contributed by atoms with van der Waals surface area (Å²) in [6, 6.07) is 4.07. The van der Waals surface area contributed by atoms with Crippen LogP contribution >= 0.6 is 0 Å². The Labute approximate surface area is 156 Å². The molecule has 1 spiro atoms. The first kappa shape index (κ1) is 16.3. The van der Waals surface area contributed by atoms with Gasteiger partial charge in [-0.3, -0.25) is 19.2 Å². The third-order valence-corrected chi connectivity index (χ3v) is 5.83. The number of hydrogen-bond donors (Lipinski definition) is 0. The fourth-order valence-electron chi connectivity index (χ4n) is 4.42. The summed E-state index contributed by atoms with van der Waals surface area (Å²) in [5.41, 5.74) is 1.38. The van der Waals surface area contributed by atoms with E-state index in [1.54, 1.807) is 17.0 Å². The predicted octanol–water partition coefficient (Wildman–Crippen LogP) is 0.981. The average Bonchev–Trinajstić information content (AvgIpc) is 3.38. The molecule has 3 aromatic rings. The molecule has 0 saturated carbocycles. The SMILES string of the molecule is Cn1ccnc1-c1nnc2n(c1=O)CC[C@]21CCN(Cc2cccnc2)C1. The van der Waals surface area contributed by atoms with E-state index < -0.39 is 0 Å². The van der Waals surface area contributed by atoms with Crippen molar-refractivity contribution in [1.29, 1.82) is 0 Å². The Morgan fingerprint density at radius 3 is 2.85 bits per heavy atom. The molecule has 1 fully saturated rings. The minimum Gasteiger partial charge on any atom is -0.333 e. The van der Waals surface area contributed by atoms with Gasteiger partial charge in [0.05, 0.1) is 0 Å². The molecule has 0 amide bonds. The van der Waals surface area contributed by atoms with Crippen molar-refractivity contribution in [2.24, 2.45) is 7.05 Å². The molecule has 0 N–H and O–H groups in total. The smallest absolute Gasteiger partial charge is 0.283 e. The van der Waals surface area contributed by atoms with Crippen LogP contribution in [0.2, 0.25) is 0 Å². The van der Waals surface area contributed by atoms with Crippen LogP contribution in [0.1, 0.15) is 24.2 Å². The zero-order valence-corrected chi connectivity index (χ0v) is 15.2. The van der Waals surface area contributed by atoms with Crippen molar-refractivity contribution >= 4 is 0 Å². The van der Waals surface area contributed by atoms with Crippen LogP contribution in [0.5, 0.6) is 0 Å². The second-order valence-corrected chi connectivity index (χ2v) is 7.54. The molecule has 3 aromatic heterocycles. The summed E-state index contributed by atoms with van der Waals surface area (Å²) in [5.74, 6) is 1.40. The van der Waals surface area contributed by atoms with Gasteiger partial charge in [-0.15, -0.1) is 10.2 Å². The summed E-state index contributed by atoms with van der Waals surface area (Å²) in [6.07, 6.45) is 9.13. The molecule has 5 rings (SSSR count). The lowest BCUT2D eigenvalue weighted by Crippen LogP contribution is -2.33. The molecule has 27 heavy (non-hydrogen) atoms. The van der Waals surface area contributed by atoms with Crippen molar-refractivity contribution in [2.45, 2.75) is 31.3 Å². The lowest BCUT2D eigenvalue weighted by molar-refractivity contribution is 0.299. The molecule has 2 aliphatic rings. The largest absolute Gasteiger partial charge is 0.333 e. The maximum atomic E-state index is 13.0. The summed E-state index contributed by atoms with van der Waals surface area (Å²) >= 11 is 0. The molecular weight excluding hydrogens is 342 g/mol. The Morgan fingerprint density at radius 2 is 2.07 bits per heavy atom.